The van der Waals surface area contributed by atoms with Crippen molar-refractivity contribution in [2.75, 3.05) is 13.3 Å². The Morgan fingerprint density at radius 3 is 2.21 bits per heavy atom. The molecule has 1 fully saturated rings. The maximum absolute atomic E-state index is 14.1. The second kappa shape index (κ2) is 15.7. The van der Waals surface area contributed by atoms with Crippen molar-refractivity contribution in [1.82, 2.24) is 0 Å². The fourth-order valence-corrected chi connectivity index (χ4v) is 3.95. The molecule has 0 radical (unpaired) electrons. The van der Waals surface area contributed by atoms with Gasteiger partial charge in [-0.05, 0) is 37.0 Å². The first kappa shape index (κ1) is 32.4. The minimum Gasteiger partial charge on any atom is -0.508 e. The molecule has 1 heterocycles. The number of aliphatic hydroxyl groups excluding tert-OH is 1. The molecule has 11 nitrogen and oxygen atoms in total. The van der Waals surface area contributed by atoms with Gasteiger partial charge in [0.1, 0.15) is 18.0 Å². The van der Waals surface area contributed by atoms with Gasteiger partial charge in [-0.3, -0.25) is 9.59 Å². The number of benzene rings is 1. The molecule has 1 aliphatic heterocycles. The first-order valence-electron chi connectivity index (χ1n) is 13.2. The van der Waals surface area contributed by atoms with Crippen molar-refractivity contribution in [3.05, 3.63) is 29.8 Å². The van der Waals surface area contributed by atoms with Crippen molar-refractivity contribution in [3.63, 3.8) is 0 Å². The summed E-state index contributed by atoms with van der Waals surface area (Å²) in [5.74, 6) is -2.35. The van der Waals surface area contributed by atoms with Crippen LogP contribution >= 0.6 is 0 Å². The maximum atomic E-state index is 14.1. The Bertz CT molecular complexity index is 930. The van der Waals surface area contributed by atoms with Gasteiger partial charge in [-0.15, -0.1) is 0 Å². The SMILES string of the molecule is CCCC(=O)O[C@@H]1[C@@H](OC(O)CCC)[C@H](OC(=O)[C@](N)(CF)Cc2ccc(O)cc2)OC[C@H]1OC(=O)CCC. The van der Waals surface area contributed by atoms with Crippen LogP contribution in [0.3, 0.4) is 0 Å². The maximum Gasteiger partial charge on any atom is 0.331 e. The average Bonchev–Trinajstić information content (AvgIpc) is 2.89. The lowest BCUT2D eigenvalue weighted by Crippen LogP contribution is -2.61. The van der Waals surface area contributed by atoms with E-state index in [1.807, 2.05) is 6.92 Å². The lowest BCUT2D eigenvalue weighted by Gasteiger charge is -2.42. The Morgan fingerprint density at radius 2 is 1.64 bits per heavy atom. The second-order valence-corrected chi connectivity index (χ2v) is 9.57. The highest BCUT2D eigenvalue weighted by atomic mass is 19.1. The zero-order chi connectivity index (χ0) is 29.0. The predicted molar refractivity (Wildman–Crippen MR) is 136 cm³/mol. The molecule has 1 aliphatic rings. The van der Waals surface area contributed by atoms with Gasteiger partial charge in [-0.2, -0.15) is 0 Å². The number of alkyl halides is 1. The molecular formula is C27H40FNO10. The lowest BCUT2D eigenvalue weighted by molar-refractivity contribution is -0.305. The van der Waals surface area contributed by atoms with Crippen molar-refractivity contribution >= 4 is 17.9 Å². The molecule has 0 aliphatic carbocycles. The van der Waals surface area contributed by atoms with E-state index in [1.54, 1.807) is 13.8 Å². The Labute approximate surface area is 227 Å². The molecule has 0 saturated carbocycles. The zero-order valence-electron chi connectivity index (χ0n) is 22.7. The molecule has 12 heteroatoms. The van der Waals surface area contributed by atoms with Crippen molar-refractivity contribution < 1.29 is 52.7 Å². The van der Waals surface area contributed by atoms with Crippen molar-refractivity contribution in [2.45, 2.75) is 102 Å². The second-order valence-electron chi connectivity index (χ2n) is 9.57. The van der Waals surface area contributed by atoms with Crippen LogP contribution in [0.1, 0.15) is 64.9 Å². The van der Waals surface area contributed by atoms with Gasteiger partial charge in [0, 0.05) is 19.3 Å². The van der Waals surface area contributed by atoms with E-state index in [1.165, 1.54) is 24.3 Å². The summed E-state index contributed by atoms with van der Waals surface area (Å²) in [5.41, 5.74) is 4.44. The minimum absolute atomic E-state index is 0.0108. The Kier molecular flexibility index (Phi) is 13.1. The molecule has 6 atom stereocenters. The van der Waals surface area contributed by atoms with E-state index in [4.69, 9.17) is 29.4 Å². The third-order valence-corrected chi connectivity index (χ3v) is 6.02. The summed E-state index contributed by atoms with van der Waals surface area (Å²) in [6, 6.07) is 5.72. The summed E-state index contributed by atoms with van der Waals surface area (Å²) in [7, 11) is 0. The smallest absolute Gasteiger partial charge is 0.331 e. The summed E-state index contributed by atoms with van der Waals surface area (Å²) in [4.78, 5) is 37.9. The van der Waals surface area contributed by atoms with Crippen LogP contribution in [0.2, 0.25) is 0 Å². The molecule has 220 valence electrons. The zero-order valence-corrected chi connectivity index (χ0v) is 22.7. The Hall–Kier alpha value is -2.80. The van der Waals surface area contributed by atoms with E-state index in [9.17, 15) is 29.0 Å². The van der Waals surface area contributed by atoms with E-state index in [2.05, 4.69) is 0 Å². The number of phenols is 1. The third kappa shape index (κ3) is 9.71. The molecule has 1 aromatic rings. The summed E-state index contributed by atoms with van der Waals surface area (Å²) in [6.45, 7) is 3.77. The van der Waals surface area contributed by atoms with Crippen LogP contribution in [0.15, 0.2) is 24.3 Å². The van der Waals surface area contributed by atoms with E-state index < -0.39 is 61.0 Å². The number of aliphatic hydroxyl groups is 1. The molecule has 1 aromatic carbocycles. The number of hydrogen-bond donors (Lipinski definition) is 3. The predicted octanol–water partition coefficient (Wildman–Crippen LogP) is 2.43. The summed E-state index contributed by atoms with van der Waals surface area (Å²) in [6.07, 6.45) is -5.11. The fraction of sp³-hybridized carbons (Fsp3) is 0.667. The van der Waals surface area contributed by atoms with Gasteiger partial charge in [-0.25, -0.2) is 9.18 Å². The van der Waals surface area contributed by atoms with Gasteiger partial charge in [0.2, 0.25) is 6.29 Å². The van der Waals surface area contributed by atoms with E-state index in [-0.39, 0.29) is 38.0 Å². The van der Waals surface area contributed by atoms with Crippen LogP contribution in [-0.2, 0) is 44.5 Å². The number of carbonyl (C=O) groups excluding carboxylic acids is 3. The normalized spacial score (nSPS) is 23.3. The molecule has 4 N–H and O–H groups in total. The van der Waals surface area contributed by atoms with Crippen LogP contribution in [-0.4, -0.2) is 77.8 Å². The van der Waals surface area contributed by atoms with Crippen LogP contribution < -0.4 is 5.73 Å². The lowest BCUT2D eigenvalue weighted by atomic mass is 9.93. The molecular weight excluding hydrogens is 517 g/mol. The summed E-state index contributed by atoms with van der Waals surface area (Å²) in [5, 5.41) is 19.9. The summed E-state index contributed by atoms with van der Waals surface area (Å²) < 4.78 is 42.0. The monoisotopic (exact) mass is 557 g/mol. The van der Waals surface area contributed by atoms with Gasteiger partial charge in [0.25, 0.3) is 0 Å². The molecule has 0 aromatic heterocycles. The van der Waals surface area contributed by atoms with E-state index >= 15 is 0 Å². The Balaban J connectivity index is 2.33. The summed E-state index contributed by atoms with van der Waals surface area (Å²) >= 11 is 0. The highest BCUT2D eigenvalue weighted by Gasteiger charge is 2.50. The standard InChI is InChI=1S/C27H40FNO10/c1-4-7-20(31)36-19-15-35-25(24(38-22(33)9-6-3)23(19)37-21(32)8-5-2)39-26(34)27(29,16-28)14-17-10-12-18(30)13-11-17/h10-13,19,22-25,30,33H,4-9,14-16,29H2,1-3H3/t19-,22?,23+,24-,25+,27-/m1/s1. The minimum atomic E-state index is -2.12. The fourth-order valence-electron chi connectivity index (χ4n) is 3.95. The highest BCUT2D eigenvalue weighted by Crippen LogP contribution is 2.28. The van der Waals surface area contributed by atoms with Crippen molar-refractivity contribution in [3.8, 4) is 5.75 Å². The molecule has 39 heavy (non-hydrogen) atoms. The quantitative estimate of drug-likeness (QED) is 0.165. The number of aromatic hydroxyl groups is 1. The Morgan fingerprint density at radius 1 is 1.03 bits per heavy atom. The molecule has 1 unspecified atom stereocenters. The van der Waals surface area contributed by atoms with Crippen LogP contribution in [0.5, 0.6) is 5.75 Å². The first-order chi connectivity index (χ1) is 18.6. The molecule has 2 rings (SSSR count). The number of phenolic OH excluding ortho intramolecular Hbond substituents is 1. The van der Waals surface area contributed by atoms with Gasteiger partial charge < -0.3 is 39.6 Å². The van der Waals surface area contributed by atoms with Crippen LogP contribution in [0.4, 0.5) is 4.39 Å². The molecule has 0 bridgehead atoms. The topological polar surface area (TPSA) is 164 Å². The highest BCUT2D eigenvalue weighted by molar-refractivity contribution is 5.81. The van der Waals surface area contributed by atoms with E-state index in [0.29, 0.717) is 24.8 Å². The van der Waals surface area contributed by atoms with Gasteiger partial charge in [0.15, 0.2) is 24.6 Å². The number of hydrogen-bond acceptors (Lipinski definition) is 11. The van der Waals surface area contributed by atoms with Crippen molar-refractivity contribution in [2.24, 2.45) is 5.73 Å². The van der Waals surface area contributed by atoms with E-state index in [0.717, 1.165) is 0 Å². The van der Waals surface area contributed by atoms with Gasteiger partial charge >= 0.3 is 17.9 Å². The molecule has 0 spiro atoms. The number of nitrogens with two attached hydrogens (primary N) is 1. The number of ether oxygens (including phenoxy) is 5. The number of carbonyl (C=O) groups is 3. The van der Waals surface area contributed by atoms with Gasteiger partial charge in [-0.1, -0.05) is 39.3 Å². The number of rotatable bonds is 15. The molecule has 0 amide bonds. The van der Waals surface area contributed by atoms with Gasteiger partial charge in [0.05, 0.1) is 6.61 Å². The van der Waals surface area contributed by atoms with Crippen molar-refractivity contribution in [1.29, 1.82) is 0 Å². The number of esters is 3. The van der Waals surface area contributed by atoms with Crippen LogP contribution in [0, 0.1) is 0 Å². The first-order valence-corrected chi connectivity index (χ1v) is 13.2. The number of halogens is 1. The van der Waals surface area contributed by atoms with Crippen LogP contribution in [0.25, 0.3) is 0 Å². The average molecular weight is 558 g/mol. The molecule has 1 saturated heterocycles. The largest absolute Gasteiger partial charge is 0.508 e. The third-order valence-electron chi connectivity index (χ3n) is 6.02.